The largest absolute Gasteiger partial charge is 0.309 e. The van der Waals surface area contributed by atoms with Gasteiger partial charge in [-0.15, -0.1) is 11.7 Å². The predicted molar refractivity (Wildman–Crippen MR) is 57.5 cm³/mol. The van der Waals surface area contributed by atoms with Crippen LogP contribution in [0.2, 0.25) is 5.02 Å². The number of halogens is 1. The number of nitrogens with zero attached hydrogens (tertiary/aromatic N) is 2. The fourth-order valence-corrected chi connectivity index (χ4v) is 1.55. The van der Waals surface area contributed by atoms with Crippen molar-refractivity contribution in [2.24, 2.45) is 11.8 Å². The third-order valence-corrected chi connectivity index (χ3v) is 2.56. The fourth-order valence-electron chi connectivity index (χ4n) is 1.40. The van der Waals surface area contributed by atoms with Gasteiger partial charge in [-0.05, 0) is 12.3 Å². The van der Waals surface area contributed by atoms with Gasteiger partial charge in [-0.2, -0.15) is 5.10 Å². The van der Waals surface area contributed by atoms with E-state index in [1.807, 2.05) is 0 Å². The van der Waals surface area contributed by atoms with E-state index < -0.39 is 0 Å². The lowest BCUT2D eigenvalue weighted by Crippen LogP contribution is -2.15. The normalized spacial score (nSPS) is 23.3. The first-order chi connectivity index (χ1) is 7.20. The second-order valence-corrected chi connectivity index (χ2v) is 3.93. The van der Waals surface area contributed by atoms with Crippen LogP contribution >= 0.6 is 11.6 Å². The van der Waals surface area contributed by atoms with E-state index in [1.165, 1.54) is 6.20 Å². The molecule has 0 spiro atoms. The Kier molecular flexibility index (Phi) is 2.68. The lowest BCUT2D eigenvalue weighted by molar-refractivity contribution is -0.117. The molecule has 78 valence electrons. The molecule has 0 bridgehead atoms. The molecule has 2 atom stereocenters. The van der Waals surface area contributed by atoms with E-state index in [0.717, 1.165) is 6.42 Å². The number of carbonyl (C=O) groups excluding carboxylic acids is 1. The molecule has 0 saturated heterocycles. The molecule has 1 aliphatic rings. The Morgan fingerprint density at radius 3 is 3.13 bits per heavy atom. The zero-order valence-electron chi connectivity index (χ0n) is 7.98. The first-order valence-corrected chi connectivity index (χ1v) is 5.00. The van der Waals surface area contributed by atoms with Crippen molar-refractivity contribution >= 4 is 23.3 Å². The van der Waals surface area contributed by atoms with Crippen molar-refractivity contribution in [1.82, 2.24) is 10.2 Å². The second kappa shape index (κ2) is 3.98. The Morgan fingerprint density at radius 1 is 1.73 bits per heavy atom. The number of nitrogens with one attached hydrogen (secondary N) is 1. The summed E-state index contributed by atoms with van der Waals surface area (Å²) < 4.78 is 0. The van der Waals surface area contributed by atoms with Crippen LogP contribution in [0.5, 0.6) is 0 Å². The Bertz CT molecular complexity index is 407. The van der Waals surface area contributed by atoms with Gasteiger partial charge in [-0.25, -0.2) is 0 Å². The molecule has 1 saturated carbocycles. The highest BCUT2D eigenvalue weighted by atomic mass is 35.5. The SMILES string of the molecule is C=C[C@H]1C[C@@H]1C(=O)Nc1cc(Cl)cnn1. The maximum Gasteiger partial charge on any atom is 0.229 e. The van der Waals surface area contributed by atoms with E-state index in [4.69, 9.17) is 11.6 Å². The molecule has 0 unspecified atom stereocenters. The molecule has 1 N–H and O–H groups in total. The Labute approximate surface area is 92.3 Å². The van der Waals surface area contributed by atoms with E-state index in [2.05, 4.69) is 22.1 Å². The third-order valence-electron chi connectivity index (χ3n) is 2.35. The first kappa shape index (κ1) is 10.1. The van der Waals surface area contributed by atoms with Gasteiger partial charge < -0.3 is 5.32 Å². The van der Waals surface area contributed by atoms with Crippen molar-refractivity contribution in [3.8, 4) is 0 Å². The summed E-state index contributed by atoms with van der Waals surface area (Å²) in [7, 11) is 0. The van der Waals surface area contributed by atoms with Crippen molar-refractivity contribution in [3.63, 3.8) is 0 Å². The molecule has 1 aromatic rings. The number of carbonyl (C=O) groups is 1. The summed E-state index contributed by atoms with van der Waals surface area (Å²) >= 11 is 5.71. The first-order valence-electron chi connectivity index (χ1n) is 4.62. The van der Waals surface area contributed by atoms with Gasteiger partial charge >= 0.3 is 0 Å². The van der Waals surface area contributed by atoms with Crippen molar-refractivity contribution in [2.45, 2.75) is 6.42 Å². The van der Waals surface area contributed by atoms with Gasteiger partial charge in [0.1, 0.15) is 0 Å². The smallest absolute Gasteiger partial charge is 0.229 e. The van der Waals surface area contributed by atoms with Gasteiger partial charge in [0.2, 0.25) is 5.91 Å². The zero-order valence-corrected chi connectivity index (χ0v) is 8.74. The molecule has 1 amide bonds. The summed E-state index contributed by atoms with van der Waals surface area (Å²) in [6, 6.07) is 1.57. The minimum atomic E-state index is -0.0449. The summed E-state index contributed by atoms with van der Waals surface area (Å²) in [5.74, 6) is 0.680. The minimum absolute atomic E-state index is 0.0308. The van der Waals surface area contributed by atoms with Crippen molar-refractivity contribution in [2.75, 3.05) is 5.32 Å². The predicted octanol–water partition coefficient (Wildman–Crippen LogP) is 1.89. The fraction of sp³-hybridized carbons (Fsp3) is 0.300. The summed E-state index contributed by atoms with van der Waals surface area (Å²) in [4.78, 5) is 11.6. The molecule has 1 fully saturated rings. The van der Waals surface area contributed by atoms with E-state index in [9.17, 15) is 4.79 Å². The van der Waals surface area contributed by atoms with Gasteiger partial charge in [0.05, 0.1) is 11.2 Å². The van der Waals surface area contributed by atoms with Crippen molar-refractivity contribution in [1.29, 1.82) is 0 Å². The number of anilines is 1. The van der Waals surface area contributed by atoms with E-state index >= 15 is 0 Å². The molecule has 0 radical (unpaired) electrons. The van der Waals surface area contributed by atoms with Crippen molar-refractivity contribution in [3.05, 3.63) is 29.9 Å². The molecule has 15 heavy (non-hydrogen) atoms. The number of amides is 1. The van der Waals surface area contributed by atoms with Crippen LogP contribution in [0.1, 0.15) is 6.42 Å². The van der Waals surface area contributed by atoms with Crippen LogP contribution in [0.15, 0.2) is 24.9 Å². The topological polar surface area (TPSA) is 54.9 Å². The standard InChI is InChI=1S/C10H10ClN3O/c1-2-6-3-8(6)10(15)13-9-4-7(11)5-12-14-9/h2,4-6,8H,1,3H2,(H,13,14,15)/t6-,8-/m0/s1. The number of aromatic nitrogens is 2. The van der Waals surface area contributed by atoms with E-state index in [-0.39, 0.29) is 11.8 Å². The quantitative estimate of drug-likeness (QED) is 0.797. The molecule has 2 rings (SSSR count). The molecule has 0 aliphatic heterocycles. The third kappa shape index (κ3) is 2.33. The van der Waals surface area contributed by atoms with Crippen molar-refractivity contribution < 1.29 is 4.79 Å². The average Bonchev–Trinajstić information content (AvgIpc) is 2.96. The van der Waals surface area contributed by atoms with E-state index in [1.54, 1.807) is 12.1 Å². The van der Waals surface area contributed by atoms with Gasteiger partial charge in [0.15, 0.2) is 5.82 Å². The van der Waals surface area contributed by atoms with Crippen LogP contribution < -0.4 is 5.32 Å². The average molecular weight is 224 g/mol. The summed E-state index contributed by atoms with van der Waals surface area (Å²) in [5, 5.41) is 10.5. The van der Waals surface area contributed by atoms with Gasteiger partial charge in [0.25, 0.3) is 0 Å². The second-order valence-electron chi connectivity index (χ2n) is 3.49. The minimum Gasteiger partial charge on any atom is -0.309 e. The van der Waals surface area contributed by atoms with Gasteiger partial charge in [0, 0.05) is 12.0 Å². The van der Waals surface area contributed by atoms with Crippen LogP contribution in [-0.4, -0.2) is 16.1 Å². The van der Waals surface area contributed by atoms with Crippen LogP contribution in [-0.2, 0) is 4.79 Å². The molecular weight excluding hydrogens is 214 g/mol. The lowest BCUT2D eigenvalue weighted by atomic mass is 10.3. The van der Waals surface area contributed by atoms with Crippen LogP contribution in [0.4, 0.5) is 5.82 Å². The number of allylic oxidation sites excluding steroid dienone is 1. The van der Waals surface area contributed by atoms with Crippen LogP contribution in [0.3, 0.4) is 0 Å². The Hall–Kier alpha value is -1.42. The number of hydrogen-bond donors (Lipinski definition) is 1. The Morgan fingerprint density at radius 2 is 2.53 bits per heavy atom. The highest BCUT2D eigenvalue weighted by molar-refractivity contribution is 6.30. The highest BCUT2D eigenvalue weighted by Gasteiger charge is 2.40. The molecule has 1 aliphatic carbocycles. The van der Waals surface area contributed by atoms with Crippen LogP contribution in [0.25, 0.3) is 0 Å². The maximum atomic E-state index is 11.6. The van der Waals surface area contributed by atoms with E-state index in [0.29, 0.717) is 16.8 Å². The van der Waals surface area contributed by atoms with Crippen LogP contribution in [0, 0.1) is 11.8 Å². The summed E-state index contributed by atoms with van der Waals surface area (Å²) in [5.41, 5.74) is 0. The molecular formula is C10H10ClN3O. The maximum absolute atomic E-state index is 11.6. The molecule has 4 nitrogen and oxygen atoms in total. The zero-order chi connectivity index (χ0) is 10.8. The highest BCUT2D eigenvalue weighted by Crippen LogP contribution is 2.39. The number of rotatable bonds is 3. The molecule has 1 aromatic heterocycles. The van der Waals surface area contributed by atoms with Gasteiger partial charge in [-0.3, -0.25) is 4.79 Å². The summed E-state index contributed by atoms with van der Waals surface area (Å²) in [6.07, 6.45) is 4.08. The lowest BCUT2D eigenvalue weighted by Gasteiger charge is -2.01. The summed E-state index contributed by atoms with van der Waals surface area (Å²) in [6.45, 7) is 3.65. The monoisotopic (exact) mass is 223 g/mol. The molecule has 0 aromatic carbocycles. The molecule has 5 heteroatoms. The van der Waals surface area contributed by atoms with Gasteiger partial charge in [-0.1, -0.05) is 17.7 Å². The Balaban J connectivity index is 1.98. The molecule has 1 heterocycles. The number of hydrogen-bond acceptors (Lipinski definition) is 3.